The molecule has 0 spiro atoms. The lowest BCUT2D eigenvalue weighted by atomic mass is 10.2. The van der Waals surface area contributed by atoms with Gasteiger partial charge >= 0.3 is 0 Å². The van der Waals surface area contributed by atoms with Gasteiger partial charge in [0.25, 0.3) is 0 Å². The first kappa shape index (κ1) is 16.0. The summed E-state index contributed by atoms with van der Waals surface area (Å²) in [4.78, 5) is 4.64. The first-order chi connectivity index (χ1) is 10.2. The van der Waals surface area contributed by atoms with E-state index < -0.39 is 0 Å². The second kappa shape index (κ2) is 8.15. The van der Waals surface area contributed by atoms with Gasteiger partial charge in [-0.3, -0.25) is 0 Å². The highest BCUT2D eigenvalue weighted by Gasteiger charge is 2.04. The Hall–Kier alpha value is -1.39. The van der Waals surface area contributed by atoms with Gasteiger partial charge in [0.05, 0.1) is 17.3 Å². The SMILES string of the molecule is CCC(C)NCc1csc(CCOc2ccc(C)cc2)n1. The first-order valence-corrected chi connectivity index (χ1v) is 8.41. The fourth-order valence-electron chi connectivity index (χ4n) is 1.86. The van der Waals surface area contributed by atoms with Crippen molar-refractivity contribution < 1.29 is 4.74 Å². The van der Waals surface area contributed by atoms with Crippen LogP contribution in [0.15, 0.2) is 29.6 Å². The summed E-state index contributed by atoms with van der Waals surface area (Å²) in [5, 5.41) is 6.74. The number of aromatic nitrogens is 1. The number of hydrogen-bond donors (Lipinski definition) is 1. The van der Waals surface area contributed by atoms with Crippen LogP contribution in [0.25, 0.3) is 0 Å². The lowest BCUT2D eigenvalue weighted by Crippen LogP contribution is -2.24. The van der Waals surface area contributed by atoms with Gasteiger partial charge in [0, 0.05) is 24.4 Å². The highest BCUT2D eigenvalue weighted by atomic mass is 32.1. The summed E-state index contributed by atoms with van der Waals surface area (Å²) in [7, 11) is 0. The molecule has 0 aliphatic rings. The highest BCUT2D eigenvalue weighted by molar-refractivity contribution is 7.09. The minimum Gasteiger partial charge on any atom is -0.493 e. The van der Waals surface area contributed by atoms with Gasteiger partial charge in [0.2, 0.25) is 0 Å². The third-order valence-corrected chi connectivity index (χ3v) is 4.41. The van der Waals surface area contributed by atoms with Crippen LogP contribution in [0.4, 0.5) is 0 Å². The van der Waals surface area contributed by atoms with Crippen LogP contribution < -0.4 is 10.1 Å². The van der Waals surface area contributed by atoms with E-state index in [0.717, 1.165) is 35.8 Å². The van der Waals surface area contributed by atoms with Crippen molar-refractivity contribution in [2.24, 2.45) is 0 Å². The fourth-order valence-corrected chi connectivity index (χ4v) is 2.64. The summed E-state index contributed by atoms with van der Waals surface area (Å²) in [5.74, 6) is 0.927. The van der Waals surface area contributed by atoms with E-state index in [2.05, 4.69) is 48.6 Å². The van der Waals surface area contributed by atoms with E-state index in [9.17, 15) is 0 Å². The predicted molar refractivity (Wildman–Crippen MR) is 89.1 cm³/mol. The highest BCUT2D eigenvalue weighted by Crippen LogP contribution is 2.14. The predicted octanol–water partition coefficient (Wildman–Crippen LogP) is 3.96. The molecular weight excluding hydrogens is 280 g/mol. The summed E-state index contributed by atoms with van der Waals surface area (Å²) in [6, 6.07) is 8.70. The number of rotatable bonds is 8. The van der Waals surface area contributed by atoms with E-state index in [1.54, 1.807) is 11.3 Å². The zero-order valence-electron chi connectivity index (χ0n) is 13.1. The van der Waals surface area contributed by atoms with E-state index in [4.69, 9.17) is 4.74 Å². The summed E-state index contributed by atoms with van der Waals surface area (Å²) in [6.07, 6.45) is 2.00. The number of nitrogens with one attached hydrogen (secondary N) is 1. The van der Waals surface area contributed by atoms with Crippen molar-refractivity contribution in [1.29, 1.82) is 0 Å². The van der Waals surface area contributed by atoms with E-state index in [1.807, 2.05) is 12.1 Å². The van der Waals surface area contributed by atoms with Crippen LogP contribution in [0.3, 0.4) is 0 Å². The maximum Gasteiger partial charge on any atom is 0.119 e. The topological polar surface area (TPSA) is 34.1 Å². The van der Waals surface area contributed by atoms with Gasteiger partial charge in [-0.2, -0.15) is 0 Å². The third-order valence-electron chi connectivity index (χ3n) is 3.45. The molecule has 1 unspecified atom stereocenters. The molecule has 0 saturated carbocycles. The molecule has 0 aliphatic carbocycles. The average Bonchev–Trinajstić information content (AvgIpc) is 2.95. The normalized spacial score (nSPS) is 12.3. The van der Waals surface area contributed by atoms with Crippen molar-refractivity contribution in [3.63, 3.8) is 0 Å². The van der Waals surface area contributed by atoms with Crippen molar-refractivity contribution >= 4 is 11.3 Å². The molecule has 4 heteroatoms. The second-order valence-corrected chi connectivity index (χ2v) is 6.28. The van der Waals surface area contributed by atoms with E-state index in [1.165, 1.54) is 5.56 Å². The molecule has 1 aromatic carbocycles. The molecule has 21 heavy (non-hydrogen) atoms. The summed E-state index contributed by atoms with van der Waals surface area (Å²) < 4.78 is 5.74. The molecule has 0 bridgehead atoms. The van der Waals surface area contributed by atoms with Crippen LogP contribution in [0.2, 0.25) is 0 Å². The summed E-state index contributed by atoms with van der Waals surface area (Å²) in [6.45, 7) is 7.99. The Kier molecular flexibility index (Phi) is 6.21. The Morgan fingerprint density at radius 3 is 2.76 bits per heavy atom. The Balaban J connectivity index is 1.73. The molecule has 1 N–H and O–H groups in total. The van der Waals surface area contributed by atoms with E-state index in [0.29, 0.717) is 12.6 Å². The smallest absolute Gasteiger partial charge is 0.119 e. The maximum atomic E-state index is 5.74. The number of aryl methyl sites for hydroxylation is 1. The third kappa shape index (κ3) is 5.48. The van der Waals surface area contributed by atoms with Gasteiger partial charge in [-0.15, -0.1) is 11.3 Å². The molecule has 2 rings (SSSR count). The molecule has 0 saturated heterocycles. The molecule has 1 aromatic heterocycles. The van der Waals surface area contributed by atoms with E-state index in [-0.39, 0.29) is 0 Å². The summed E-state index contributed by atoms with van der Waals surface area (Å²) >= 11 is 1.72. The quantitative estimate of drug-likeness (QED) is 0.801. The Morgan fingerprint density at radius 1 is 1.29 bits per heavy atom. The van der Waals surface area contributed by atoms with Gasteiger partial charge in [-0.1, -0.05) is 24.6 Å². The molecule has 0 amide bonds. The van der Waals surface area contributed by atoms with Gasteiger partial charge in [-0.25, -0.2) is 4.98 Å². The van der Waals surface area contributed by atoms with Crippen LogP contribution >= 0.6 is 11.3 Å². The Morgan fingerprint density at radius 2 is 2.05 bits per heavy atom. The molecule has 1 heterocycles. The zero-order valence-corrected chi connectivity index (χ0v) is 13.9. The molecule has 0 radical (unpaired) electrons. The minimum absolute atomic E-state index is 0.542. The van der Waals surface area contributed by atoms with Gasteiger partial charge in [-0.05, 0) is 32.4 Å². The largest absolute Gasteiger partial charge is 0.493 e. The number of ether oxygens (including phenoxy) is 1. The molecule has 1 atom stereocenters. The first-order valence-electron chi connectivity index (χ1n) is 7.53. The summed E-state index contributed by atoms with van der Waals surface area (Å²) in [5.41, 5.74) is 2.38. The molecule has 0 aliphatic heterocycles. The van der Waals surface area contributed by atoms with Crippen molar-refractivity contribution in [2.45, 2.75) is 46.2 Å². The maximum absolute atomic E-state index is 5.74. The number of thiazole rings is 1. The lowest BCUT2D eigenvalue weighted by molar-refractivity contribution is 0.321. The molecule has 3 nitrogen and oxygen atoms in total. The number of nitrogens with zero attached hydrogens (tertiary/aromatic N) is 1. The molecule has 0 fully saturated rings. The van der Waals surface area contributed by atoms with Crippen molar-refractivity contribution in [3.05, 3.63) is 45.9 Å². The Bertz CT molecular complexity index is 536. The molecule has 114 valence electrons. The van der Waals surface area contributed by atoms with Gasteiger partial charge < -0.3 is 10.1 Å². The minimum atomic E-state index is 0.542. The zero-order chi connectivity index (χ0) is 15.1. The van der Waals surface area contributed by atoms with Crippen LogP contribution in [-0.2, 0) is 13.0 Å². The lowest BCUT2D eigenvalue weighted by Gasteiger charge is -2.08. The van der Waals surface area contributed by atoms with Crippen molar-refractivity contribution in [2.75, 3.05) is 6.61 Å². The fraction of sp³-hybridized carbons (Fsp3) is 0.471. The number of hydrogen-bond acceptors (Lipinski definition) is 4. The molecular formula is C17H24N2OS. The van der Waals surface area contributed by atoms with E-state index >= 15 is 0 Å². The number of benzene rings is 1. The monoisotopic (exact) mass is 304 g/mol. The average molecular weight is 304 g/mol. The van der Waals surface area contributed by atoms with Crippen LogP contribution in [0.1, 0.15) is 36.5 Å². The standard InChI is InChI=1S/C17H24N2OS/c1-4-14(3)18-11-15-12-21-17(19-15)9-10-20-16-7-5-13(2)6-8-16/h5-8,12,14,18H,4,9-11H2,1-3H3. The van der Waals surface area contributed by atoms with Crippen LogP contribution in [0, 0.1) is 6.92 Å². The van der Waals surface area contributed by atoms with Crippen LogP contribution in [-0.4, -0.2) is 17.6 Å². The van der Waals surface area contributed by atoms with Crippen molar-refractivity contribution in [3.8, 4) is 5.75 Å². The van der Waals surface area contributed by atoms with Crippen molar-refractivity contribution in [1.82, 2.24) is 10.3 Å². The van der Waals surface area contributed by atoms with Crippen LogP contribution in [0.5, 0.6) is 5.75 Å². The second-order valence-electron chi connectivity index (χ2n) is 5.33. The Labute approximate surface area is 131 Å². The molecule has 2 aromatic rings. The van der Waals surface area contributed by atoms with Gasteiger partial charge in [0.15, 0.2) is 0 Å². The van der Waals surface area contributed by atoms with Gasteiger partial charge in [0.1, 0.15) is 5.75 Å².